The van der Waals surface area contributed by atoms with Crippen LogP contribution in [0.25, 0.3) is 0 Å². The second kappa shape index (κ2) is 9.53. The van der Waals surface area contributed by atoms with E-state index in [0.29, 0.717) is 18.3 Å². The highest BCUT2D eigenvalue weighted by Gasteiger charge is 2.37. The lowest BCUT2D eigenvalue weighted by molar-refractivity contribution is -0.160. The third-order valence-electron chi connectivity index (χ3n) is 5.06. The second-order valence-electron chi connectivity index (χ2n) is 11.9. The average molecular weight is 418 g/mol. The lowest BCUT2D eigenvalue weighted by Crippen LogP contribution is -2.40. The molecule has 170 valence electrons. The molecule has 0 radical (unpaired) electrons. The lowest BCUT2D eigenvalue weighted by atomic mass is 9.73. The summed E-state index contributed by atoms with van der Waals surface area (Å²) in [4.78, 5) is 24.5. The number of carbonyl (C=O) groups is 2. The number of amides is 1. The Labute approximate surface area is 184 Å². The van der Waals surface area contributed by atoms with Gasteiger partial charge in [0, 0.05) is 23.9 Å². The summed E-state index contributed by atoms with van der Waals surface area (Å²) in [7, 11) is 0. The molecule has 1 amide bonds. The lowest BCUT2D eigenvalue weighted by Gasteiger charge is -2.33. The fraction of sp³-hybridized carbons (Fsp3) is 0.692. The highest BCUT2D eigenvalue weighted by atomic mass is 16.6. The number of ether oxygens (including phenoxy) is 1. The minimum atomic E-state index is -0.698. The van der Waals surface area contributed by atoms with Gasteiger partial charge in [-0.2, -0.15) is 0 Å². The van der Waals surface area contributed by atoms with E-state index in [9.17, 15) is 9.59 Å². The first-order valence-corrected chi connectivity index (χ1v) is 11.1. The van der Waals surface area contributed by atoms with Gasteiger partial charge in [0.15, 0.2) is 0 Å². The monoisotopic (exact) mass is 417 g/mol. The normalized spacial score (nSPS) is 13.1. The van der Waals surface area contributed by atoms with E-state index in [2.05, 4.69) is 52.1 Å². The molecule has 1 rings (SSSR count). The molecule has 1 aromatic carbocycles. The zero-order valence-electron chi connectivity index (χ0n) is 20.9. The van der Waals surface area contributed by atoms with Gasteiger partial charge in [-0.1, -0.05) is 67.5 Å². The summed E-state index contributed by atoms with van der Waals surface area (Å²) in [6.45, 7) is 20.7. The van der Waals surface area contributed by atoms with E-state index < -0.39 is 11.0 Å². The molecule has 4 heteroatoms. The van der Waals surface area contributed by atoms with Crippen molar-refractivity contribution < 1.29 is 14.3 Å². The molecule has 0 aliphatic carbocycles. The number of rotatable bonds is 9. The maximum atomic E-state index is 12.9. The van der Waals surface area contributed by atoms with Gasteiger partial charge in [0.2, 0.25) is 5.91 Å². The van der Waals surface area contributed by atoms with Crippen molar-refractivity contribution in [3.8, 4) is 0 Å². The molecule has 4 nitrogen and oxygen atoms in total. The van der Waals surface area contributed by atoms with Crippen LogP contribution in [-0.4, -0.2) is 17.5 Å². The molecule has 0 aromatic heterocycles. The number of hydrogen-bond donors (Lipinski definition) is 1. The maximum absolute atomic E-state index is 12.9. The molecule has 0 fully saturated rings. The van der Waals surface area contributed by atoms with E-state index in [1.807, 2.05) is 39.8 Å². The first kappa shape index (κ1) is 26.2. The van der Waals surface area contributed by atoms with E-state index in [4.69, 9.17) is 4.74 Å². The van der Waals surface area contributed by atoms with Crippen LogP contribution in [0.15, 0.2) is 24.3 Å². The average Bonchev–Trinajstić information content (AvgIpc) is 2.52. The van der Waals surface area contributed by atoms with E-state index >= 15 is 0 Å². The van der Waals surface area contributed by atoms with Crippen molar-refractivity contribution >= 4 is 17.6 Å². The molecule has 0 aliphatic heterocycles. The van der Waals surface area contributed by atoms with Crippen molar-refractivity contribution in [3.05, 3.63) is 29.8 Å². The van der Waals surface area contributed by atoms with Gasteiger partial charge < -0.3 is 10.1 Å². The fourth-order valence-electron chi connectivity index (χ4n) is 4.62. The molecule has 0 heterocycles. The van der Waals surface area contributed by atoms with Gasteiger partial charge in [-0.05, 0) is 55.2 Å². The Balaban J connectivity index is 2.76. The fourth-order valence-corrected chi connectivity index (χ4v) is 4.62. The zero-order chi connectivity index (χ0) is 23.4. The van der Waals surface area contributed by atoms with Crippen LogP contribution < -0.4 is 5.32 Å². The van der Waals surface area contributed by atoms with Crippen LogP contribution >= 0.6 is 0 Å². The molecule has 0 aliphatic rings. The van der Waals surface area contributed by atoms with Crippen molar-refractivity contribution in [1.82, 2.24) is 0 Å². The second-order valence-corrected chi connectivity index (χ2v) is 11.9. The number of carbonyl (C=O) groups excluding carboxylic acids is 2. The molecule has 0 saturated heterocycles. The molecule has 0 saturated carbocycles. The van der Waals surface area contributed by atoms with Gasteiger partial charge in [-0.15, -0.1) is 0 Å². The molecule has 1 aromatic rings. The van der Waals surface area contributed by atoms with Crippen LogP contribution in [0.1, 0.15) is 94.1 Å². The number of nitrogens with one attached hydrogen (secondary N) is 1. The first-order chi connectivity index (χ1) is 13.4. The third-order valence-corrected chi connectivity index (χ3v) is 5.06. The van der Waals surface area contributed by atoms with Crippen LogP contribution in [-0.2, 0) is 20.7 Å². The predicted octanol–water partition coefficient (Wildman–Crippen LogP) is 6.78. The SMILES string of the molecule is CCC(=O)OC(C)(C)CC(C)(C)C(=O)Nc1ccc(CC(C)(C)CC(C)(C)C)cc1. The summed E-state index contributed by atoms with van der Waals surface area (Å²) in [5.41, 5.74) is 1.19. The molecular weight excluding hydrogens is 374 g/mol. The number of benzene rings is 1. The Hall–Kier alpha value is -1.84. The Morgan fingerprint density at radius 2 is 1.40 bits per heavy atom. The van der Waals surface area contributed by atoms with Crippen LogP contribution in [0.5, 0.6) is 0 Å². The van der Waals surface area contributed by atoms with Gasteiger partial charge in [-0.25, -0.2) is 0 Å². The number of anilines is 1. The topological polar surface area (TPSA) is 55.4 Å². The molecule has 0 unspecified atom stereocenters. The maximum Gasteiger partial charge on any atom is 0.306 e. The minimum absolute atomic E-state index is 0.0797. The zero-order valence-corrected chi connectivity index (χ0v) is 20.9. The molecule has 1 N–H and O–H groups in total. The van der Waals surface area contributed by atoms with Crippen LogP contribution in [0.3, 0.4) is 0 Å². The summed E-state index contributed by atoms with van der Waals surface area (Å²) in [5, 5.41) is 3.02. The standard InChI is InChI=1S/C26H43NO3/c1-11-21(28)30-26(9,10)18-25(7,8)22(29)27-20-14-12-19(13-15-20)16-24(5,6)17-23(2,3)4/h12-15H,11,16-18H2,1-10H3,(H,27,29). The summed E-state index contributed by atoms with van der Waals surface area (Å²) in [5.74, 6) is -0.329. The van der Waals surface area contributed by atoms with Gasteiger partial charge in [-0.3, -0.25) is 9.59 Å². The quantitative estimate of drug-likeness (QED) is 0.451. The third kappa shape index (κ3) is 9.32. The largest absolute Gasteiger partial charge is 0.460 e. The molecule has 0 spiro atoms. The Morgan fingerprint density at radius 3 is 1.87 bits per heavy atom. The van der Waals surface area contributed by atoms with Crippen molar-refractivity contribution in [2.24, 2.45) is 16.2 Å². The van der Waals surface area contributed by atoms with Crippen molar-refractivity contribution in [2.45, 2.75) is 101 Å². The van der Waals surface area contributed by atoms with Crippen molar-refractivity contribution in [1.29, 1.82) is 0 Å². The summed E-state index contributed by atoms with van der Waals surface area (Å²) in [6, 6.07) is 8.14. The summed E-state index contributed by atoms with van der Waals surface area (Å²) >= 11 is 0. The Morgan fingerprint density at radius 1 is 0.867 bits per heavy atom. The number of esters is 1. The molecule has 30 heavy (non-hydrogen) atoms. The molecule has 0 bridgehead atoms. The van der Waals surface area contributed by atoms with Gasteiger partial charge in [0.25, 0.3) is 0 Å². The molecule has 0 atom stereocenters. The van der Waals surface area contributed by atoms with E-state index in [1.54, 1.807) is 6.92 Å². The van der Waals surface area contributed by atoms with Crippen molar-refractivity contribution in [3.63, 3.8) is 0 Å². The van der Waals surface area contributed by atoms with Crippen LogP contribution in [0, 0.1) is 16.2 Å². The predicted molar refractivity (Wildman–Crippen MR) is 125 cm³/mol. The van der Waals surface area contributed by atoms with Gasteiger partial charge in [0.1, 0.15) is 5.60 Å². The van der Waals surface area contributed by atoms with Gasteiger partial charge in [0.05, 0.1) is 0 Å². The Bertz CT molecular complexity index is 722. The molecular formula is C26H43NO3. The summed E-state index contributed by atoms with van der Waals surface area (Å²) in [6.07, 6.45) is 2.91. The Kier molecular flexibility index (Phi) is 8.32. The first-order valence-electron chi connectivity index (χ1n) is 11.1. The van der Waals surface area contributed by atoms with E-state index in [0.717, 1.165) is 18.5 Å². The van der Waals surface area contributed by atoms with E-state index in [1.165, 1.54) is 5.56 Å². The summed E-state index contributed by atoms with van der Waals surface area (Å²) < 4.78 is 5.50. The minimum Gasteiger partial charge on any atom is -0.460 e. The number of hydrogen-bond acceptors (Lipinski definition) is 3. The van der Waals surface area contributed by atoms with Gasteiger partial charge >= 0.3 is 5.97 Å². The van der Waals surface area contributed by atoms with E-state index in [-0.39, 0.29) is 17.3 Å². The highest BCUT2D eigenvalue weighted by molar-refractivity contribution is 5.94. The van der Waals surface area contributed by atoms with Crippen LogP contribution in [0.4, 0.5) is 5.69 Å². The van der Waals surface area contributed by atoms with Crippen molar-refractivity contribution in [2.75, 3.05) is 5.32 Å². The smallest absolute Gasteiger partial charge is 0.306 e. The van der Waals surface area contributed by atoms with Crippen LogP contribution in [0.2, 0.25) is 0 Å². The highest BCUT2D eigenvalue weighted by Crippen LogP contribution is 2.36.